The van der Waals surface area contributed by atoms with Crippen molar-refractivity contribution in [3.63, 3.8) is 0 Å². The van der Waals surface area contributed by atoms with Crippen LogP contribution >= 0.6 is 0 Å². The number of carbonyl (C=O) groups excluding carboxylic acids is 2. The number of carboxylic acid groups (broad SMARTS) is 1. The molecule has 0 spiro atoms. The van der Waals surface area contributed by atoms with E-state index in [4.69, 9.17) is 5.73 Å². The molecule has 0 saturated heterocycles. The molecule has 0 aromatic rings. The van der Waals surface area contributed by atoms with Crippen LogP contribution in [0.3, 0.4) is 0 Å². The molecule has 0 aromatic carbocycles. The third kappa shape index (κ3) is 4.96. The molecule has 1 atom stereocenters. The van der Waals surface area contributed by atoms with E-state index in [1.807, 2.05) is 0 Å². The van der Waals surface area contributed by atoms with Gasteiger partial charge in [-0.1, -0.05) is 0 Å². The van der Waals surface area contributed by atoms with Gasteiger partial charge in [0, 0.05) is 5.97 Å². The lowest BCUT2D eigenvalue weighted by Crippen LogP contribution is -2.27. The molecule has 0 rings (SSSR count). The third-order valence-electron chi connectivity index (χ3n) is 0.857. The molecule has 0 aromatic heterocycles. The van der Waals surface area contributed by atoms with Crippen LogP contribution in [0.4, 0.5) is 0 Å². The molecule has 2 N–H and O–H groups in total. The molecule has 0 aliphatic heterocycles. The highest BCUT2D eigenvalue weighted by Gasteiger charge is 1.97. The second kappa shape index (κ2) is 4.03. The minimum atomic E-state index is -1.17. The maximum atomic E-state index is 9.78. The SMILES string of the molecule is N[C@H](C=O)CCC(=O)[O-]. The first-order valence-electron chi connectivity index (χ1n) is 2.57. The second-order valence-electron chi connectivity index (χ2n) is 1.71. The average Bonchev–Trinajstić information content (AvgIpc) is 1.83. The van der Waals surface area contributed by atoms with E-state index in [-0.39, 0.29) is 12.8 Å². The molecule has 0 amide bonds. The third-order valence-corrected chi connectivity index (χ3v) is 0.857. The van der Waals surface area contributed by atoms with E-state index in [2.05, 4.69) is 0 Å². The highest BCUT2D eigenvalue weighted by molar-refractivity contribution is 5.65. The number of carbonyl (C=O) groups is 2. The number of carboxylic acids is 1. The highest BCUT2D eigenvalue weighted by Crippen LogP contribution is 1.88. The van der Waals surface area contributed by atoms with Gasteiger partial charge in [-0.05, 0) is 12.8 Å². The molecule has 4 nitrogen and oxygen atoms in total. The Balaban J connectivity index is 3.26. The van der Waals surface area contributed by atoms with Gasteiger partial charge in [-0.2, -0.15) is 0 Å². The first-order valence-corrected chi connectivity index (χ1v) is 2.57. The summed E-state index contributed by atoms with van der Waals surface area (Å²) in [4.78, 5) is 19.5. The van der Waals surface area contributed by atoms with Gasteiger partial charge in [0.1, 0.15) is 6.29 Å². The molecule has 9 heavy (non-hydrogen) atoms. The summed E-state index contributed by atoms with van der Waals surface area (Å²) < 4.78 is 0. The molecular weight excluding hydrogens is 122 g/mol. The molecular formula is C5H8NO3-. The van der Waals surface area contributed by atoms with E-state index in [1.54, 1.807) is 0 Å². The number of aliphatic carboxylic acids is 1. The molecule has 4 heteroatoms. The van der Waals surface area contributed by atoms with Crippen LogP contribution < -0.4 is 10.8 Å². The molecule has 0 fully saturated rings. The average molecular weight is 130 g/mol. The van der Waals surface area contributed by atoms with Crippen LogP contribution in [-0.2, 0) is 9.59 Å². The predicted octanol–water partition coefficient (Wildman–Crippen LogP) is -1.96. The Hall–Kier alpha value is -0.900. The van der Waals surface area contributed by atoms with Crippen LogP contribution in [0.1, 0.15) is 12.8 Å². The largest absolute Gasteiger partial charge is 0.550 e. The van der Waals surface area contributed by atoms with Crippen molar-refractivity contribution < 1.29 is 14.7 Å². The number of aldehydes is 1. The van der Waals surface area contributed by atoms with Crippen LogP contribution in [0.5, 0.6) is 0 Å². The number of hydrogen-bond acceptors (Lipinski definition) is 4. The van der Waals surface area contributed by atoms with Crippen LogP contribution in [0.25, 0.3) is 0 Å². The standard InChI is InChI=1S/C5H9NO3/c6-4(3-7)1-2-5(8)9/h3-4H,1-2,6H2,(H,8,9)/p-1/t4-/m0/s1. The fraction of sp³-hybridized carbons (Fsp3) is 0.600. The Kier molecular flexibility index (Phi) is 3.62. The van der Waals surface area contributed by atoms with Crippen molar-refractivity contribution in [2.75, 3.05) is 0 Å². The summed E-state index contributed by atoms with van der Waals surface area (Å²) >= 11 is 0. The first kappa shape index (κ1) is 8.10. The fourth-order valence-electron chi connectivity index (χ4n) is 0.353. The molecule has 0 aliphatic rings. The molecule has 0 unspecified atom stereocenters. The summed E-state index contributed by atoms with van der Waals surface area (Å²) in [5, 5.41) is 9.74. The zero-order valence-corrected chi connectivity index (χ0v) is 4.87. The maximum absolute atomic E-state index is 9.78. The van der Waals surface area contributed by atoms with E-state index >= 15 is 0 Å². The van der Waals surface area contributed by atoms with E-state index in [9.17, 15) is 14.7 Å². The van der Waals surface area contributed by atoms with Crippen molar-refractivity contribution in [2.45, 2.75) is 18.9 Å². The van der Waals surface area contributed by atoms with E-state index < -0.39 is 12.0 Å². The zero-order valence-electron chi connectivity index (χ0n) is 4.87. The Morgan fingerprint density at radius 3 is 2.67 bits per heavy atom. The van der Waals surface area contributed by atoms with Gasteiger partial charge in [0.2, 0.25) is 0 Å². The highest BCUT2D eigenvalue weighted by atomic mass is 16.4. The molecule has 0 saturated carbocycles. The quantitative estimate of drug-likeness (QED) is 0.448. The maximum Gasteiger partial charge on any atom is 0.136 e. The van der Waals surface area contributed by atoms with Crippen LogP contribution in [0, 0.1) is 0 Å². The van der Waals surface area contributed by atoms with Crippen molar-refractivity contribution in [3.8, 4) is 0 Å². The first-order chi connectivity index (χ1) is 4.16. The van der Waals surface area contributed by atoms with Crippen molar-refractivity contribution in [1.29, 1.82) is 0 Å². The van der Waals surface area contributed by atoms with Gasteiger partial charge >= 0.3 is 0 Å². The van der Waals surface area contributed by atoms with Crippen molar-refractivity contribution >= 4 is 12.3 Å². The minimum absolute atomic E-state index is 0.153. The topological polar surface area (TPSA) is 83.2 Å². The van der Waals surface area contributed by atoms with Gasteiger partial charge in [0.25, 0.3) is 0 Å². The van der Waals surface area contributed by atoms with E-state index in [1.165, 1.54) is 0 Å². The smallest absolute Gasteiger partial charge is 0.136 e. The van der Waals surface area contributed by atoms with Gasteiger partial charge in [0.15, 0.2) is 0 Å². The monoisotopic (exact) mass is 130 g/mol. The Labute approximate surface area is 52.7 Å². The second-order valence-corrected chi connectivity index (χ2v) is 1.71. The van der Waals surface area contributed by atoms with Gasteiger partial charge in [-0.15, -0.1) is 0 Å². The summed E-state index contributed by atoms with van der Waals surface area (Å²) in [6.07, 6.45) is 0.523. The lowest BCUT2D eigenvalue weighted by molar-refractivity contribution is -0.305. The Morgan fingerprint density at radius 2 is 2.33 bits per heavy atom. The fourth-order valence-corrected chi connectivity index (χ4v) is 0.353. The molecule has 0 heterocycles. The van der Waals surface area contributed by atoms with Crippen LogP contribution in [0.2, 0.25) is 0 Å². The van der Waals surface area contributed by atoms with Crippen LogP contribution in [-0.4, -0.2) is 18.3 Å². The van der Waals surface area contributed by atoms with Gasteiger partial charge in [-0.3, -0.25) is 0 Å². The summed E-state index contributed by atoms with van der Waals surface area (Å²) in [5.74, 6) is -1.17. The zero-order chi connectivity index (χ0) is 7.28. The van der Waals surface area contributed by atoms with Crippen molar-refractivity contribution in [1.82, 2.24) is 0 Å². The van der Waals surface area contributed by atoms with Gasteiger partial charge in [0.05, 0.1) is 6.04 Å². The van der Waals surface area contributed by atoms with Gasteiger partial charge in [-0.25, -0.2) is 0 Å². The van der Waals surface area contributed by atoms with Crippen LogP contribution in [0.15, 0.2) is 0 Å². The van der Waals surface area contributed by atoms with Crippen molar-refractivity contribution in [3.05, 3.63) is 0 Å². The van der Waals surface area contributed by atoms with E-state index in [0.717, 1.165) is 0 Å². The Bertz CT molecular complexity index is 113. The lowest BCUT2D eigenvalue weighted by Gasteiger charge is -2.02. The van der Waals surface area contributed by atoms with E-state index in [0.29, 0.717) is 6.29 Å². The normalized spacial score (nSPS) is 12.6. The predicted molar refractivity (Wildman–Crippen MR) is 28.3 cm³/mol. The molecule has 0 bridgehead atoms. The molecule has 52 valence electrons. The minimum Gasteiger partial charge on any atom is -0.550 e. The molecule has 0 aliphatic carbocycles. The summed E-state index contributed by atoms with van der Waals surface area (Å²) in [6, 6.07) is -0.664. The molecule has 0 radical (unpaired) electrons. The Morgan fingerprint density at radius 1 is 1.78 bits per heavy atom. The number of nitrogens with two attached hydrogens (primary N) is 1. The number of hydrogen-bond donors (Lipinski definition) is 1. The lowest BCUT2D eigenvalue weighted by atomic mass is 10.2. The number of rotatable bonds is 4. The van der Waals surface area contributed by atoms with Crippen molar-refractivity contribution in [2.24, 2.45) is 5.73 Å². The summed E-state index contributed by atoms with van der Waals surface area (Å²) in [5.41, 5.74) is 5.06. The van der Waals surface area contributed by atoms with Gasteiger partial charge < -0.3 is 20.4 Å². The summed E-state index contributed by atoms with van der Waals surface area (Å²) in [6.45, 7) is 0. The summed E-state index contributed by atoms with van der Waals surface area (Å²) in [7, 11) is 0.